The Morgan fingerprint density at radius 2 is 1.92 bits per heavy atom. The van der Waals surface area contributed by atoms with E-state index in [2.05, 4.69) is 4.90 Å². The van der Waals surface area contributed by atoms with Crippen LogP contribution in [0.25, 0.3) is 0 Å². The Labute approximate surface area is 140 Å². The van der Waals surface area contributed by atoms with Crippen LogP contribution in [0.3, 0.4) is 0 Å². The molecule has 0 bridgehead atoms. The zero-order valence-electron chi connectivity index (χ0n) is 13.3. The molecular weight excluding hydrogens is 335 g/mol. The number of benzene rings is 1. The fourth-order valence-corrected chi connectivity index (χ4v) is 5.28. The highest BCUT2D eigenvalue weighted by atomic mass is 32.2. The average Bonchev–Trinajstić information content (AvgIpc) is 3.08. The standard InChI is InChI=1S/C16H21FN2O4S/c17-12-4-3-5-14(10-12)24(22,23)19-9-6-13(11-15(19)16(20)21)18-7-1-2-8-18/h3-5,10,13,15H,1-2,6-9,11H2,(H,20,21)/t13-,15-/m1/s1. The van der Waals surface area contributed by atoms with Gasteiger partial charge in [-0.3, -0.25) is 4.79 Å². The van der Waals surface area contributed by atoms with E-state index >= 15 is 0 Å². The maximum absolute atomic E-state index is 13.4. The molecule has 0 spiro atoms. The fraction of sp³-hybridized carbons (Fsp3) is 0.562. The maximum Gasteiger partial charge on any atom is 0.322 e. The Kier molecular flexibility index (Phi) is 4.89. The molecule has 2 aliphatic heterocycles. The SMILES string of the molecule is O=C(O)[C@H]1C[C@H](N2CCCC2)CCN1S(=O)(=O)c1cccc(F)c1. The molecule has 2 saturated heterocycles. The first-order chi connectivity index (χ1) is 11.4. The number of likely N-dealkylation sites (tertiary alicyclic amines) is 1. The van der Waals surface area contributed by atoms with Crippen LogP contribution in [0.1, 0.15) is 25.7 Å². The molecule has 2 heterocycles. The lowest BCUT2D eigenvalue weighted by Crippen LogP contribution is -2.54. The van der Waals surface area contributed by atoms with Crippen molar-refractivity contribution in [2.75, 3.05) is 19.6 Å². The maximum atomic E-state index is 13.4. The molecule has 1 aromatic carbocycles. The van der Waals surface area contributed by atoms with E-state index in [1.807, 2.05) is 0 Å². The van der Waals surface area contributed by atoms with E-state index in [1.54, 1.807) is 0 Å². The first-order valence-electron chi connectivity index (χ1n) is 8.14. The number of halogens is 1. The predicted octanol–water partition coefficient (Wildman–Crippen LogP) is 1.53. The van der Waals surface area contributed by atoms with Crippen molar-refractivity contribution < 1.29 is 22.7 Å². The number of sulfonamides is 1. The number of nitrogens with zero attached hydrogens (tertiary/aromatic N) is 2. The number of carboxylic acid groups (broad SMARTS) is 1. The average molecular weight is 356 g/mol. The molecule has 8 heteroatoms. The lowest BCUT2D eigenvalue weighted by molar-refractivity contribution is -0.143. The molecule has 1 aromatic rings. The molecule has 6 nitrogen and oxygen atoms in total. The zero-order chi connectivity index (χ0) is 17.3. The summed E-state index contributed by atoms with van der Waals surface area (Å²) in [6.45, 7) is 2.01. The molecule has 1 N–H and O–H groups in total. The molecule has 0 unspecified atom stereocenters. The van der Waals surface area contributed by atoms with Crippen LogP contribution in [0.2, 0.25) is 0 Å². The van der Waals surface area contributed by atoms with Crippen molar-refractivity contribution in [3.63, 3.8) is 0 Å². The molecule has 2 aliphatic rings. The van der Waals surface area contributed by atoms with Gasteiger partial charge in [0.1, 0.15) is 11.9 Å². The predicted molar refractivity (Wildman–Crippen MR) is 85.5 cm³/mol. The van der Waals surface area contributed by atoms with E-state index in [0.717, 1.165) is 42.4 Å². The topological polar surface area (TPSA) is 77.9 Å². The van der Waals surface area contributed by atoms with Gasteiger partial charge >= 0.3 is 5.97 Å². The molecule has 0 saturated carbocycles. The third-order valence-electron chi connectivity index (χ3n) is 4.87. The second kappa shape index (κ2) is 6.78. The smallest absolute Gasteiger partial charge is 0.322 e. The number of hydrogen-bond donors (Lipinski definition) is 1. The van der Waals surface area contributed by atoms with Gasteiger partial charge in [0, 0.05) is 12.6 Å². The summed E-state index contributed by atoms with van der Waals surface area (Å²) in [5, 5.41) is 9.54. The Hall–Kier alpha value is -1.51. The van der Waals surface area contributed by atoms with Crippen molar-refractivity contribution >= 4 is 16.0 Å². The Bertz CT molecular complexity index is 719. The van der Waals surface area contributed by atoms with Crippen LogP contribution in [0.4, 0.5) is 4.39 Å². The van der Waals surface area contributed by atoms with Gasteiger partial charge in [-0.15, -0.1) is 0 Å². The highest BCUT2D eigenvalue weighted by molar-refractivity contribution is 7.89. The van der Waals surface area contributed by atoms with Crippen molar-refractivity contribution in [2.45, 2.75) is 42.7 Å². The molecule has 0 aliphatic carbocycles. The third kappa shape index (κ3) is 3.31. The van der Waals surface area contributed by atoms with Crippen molar-refractivity contribution in [3.05, 3.63) is 30.1 Å². The van der Waals surface area contributed by atoms with Crippen LogP contribution in [-0.4, -0.2) is 60.4 Å². The van der Waals surface area contributed by atoms with Gasteiger partial charge in [-0.25, -0.2) is 12.8 Å². The molecule has 0 amide bonds. The summed E-state index contributed by atoms with van der Waals surface area (Å²) in [6.07, 6.45) is 3.06. The molecule has 0 radical (unpaired) electrons. The van der Waals surface area contributed by atoms with Crippen LogP contribution in [0.5, 0.6) is 0 Å². The number of piperidine rings is 1. The normalized spacial score (nSPS) is 26.5. The van der Waals surface area contributed by atoms with Crippen LogP contribution in [0.15, 0.2) is 29.2 Å². The van der Waals surface area contributed by atoms with E-state index in [9.17, 15) is 22.7 Å². The first kappa shape index (κ1) is 17.3. The zero-order valence-corrected chi connectivity index (χ0v) is 14.1. The van der Waals surface area contributed by atoms with Crippen molar-refractivity contribution in [3.8, 4) is 0 Å². The van der Waals surface area contributed by atoms with Gasteiger partial charge < -0.3 is 10.0 Å². The Morgan fingerprint density at radius 3 is 2.54 bits per heavy atom. The third-order valence-corrected chi connectivity index (χ3v) is 6.77. The molecule has 2 atom stereocenters. The molecule has 2 fully saturated rings. The summed E-state index contributed by atoms with van der Waals surface area (Å²) in [5.41, 5.74) is 0. The molecule has 0 aromatic heterocycles. The highest BCUT2D eigenvalue weighted by Crippen LogP contribution is 2.29. The van der Waals surface area contributed by atoms with Crippen molar-refractivity contribution in [1.29, 1.82) is 0 Å². The van der Waals surface area contributed by atoms with E-state index in [-0.39, 0.29) is 23.9 Å². The van der Waals surface area contributed by atoms with Gasteiger partial charge in [-0.1, -0.05) is 6.07 Å². The van der Waals surface area contributed by atoms with E-state index in [4.69, 9.17) is 0 Å². The summed E-state index contributed by atoms with van der Waals surface area (Å²) < 4.78 is 39.9. The number of rotatable bonds is 4. The lowest BCUT2D eigenvalue weighted by Gasteiger charge is -2.39. The number of carboxylic acids is 1. The van der Waals surface area contributed by atoms with Crippen molar-refractivity contribution in [1.82, 2.24) is 9.21 Å². The van der Waals surface area contributed by atoms with Crippen LogP contribution in [0, 0.1) is 5.82 Å². The summed E-state index contributed by atoms with van der Waals surface area (Å²) in [7, 11) is -4.03. The lowest BCUT2D eigenvalue weighted by atomic mass is 9.98. The van der Waals surface area contributed by atoms with E-state index in [1.165, 1.54) is 12.1 Å². The second-order valence-electron chi connectivity index (χ2n) is 6.35. The van der Waals surface area contributed by atoms with Crippen LogP contribution in [-0.2, 0) is 14.8 Å². The number of hydrogen-bond acceptors (Lipinski definition) is 4. The van der Waals surface area contributed by atoms with Gasteiger partial charge in [-0.2, -0.15) is 4.31 Å². The van der Waals surface area contributed by atoms with Gasteiger partial charge in [0.05, 0.1) is 4.90 Å². The first-order valence-corrected chi connectivity index (χ1v) is 9.58. The second-order valence-corrected chi connectivity index (χ2v) is 8.24. The molecule has 3 rings (SSSR count). The van der Waals surface area contributed by atoms with Crippen LogP contribution < -0.4 is 0 Å². The minimum absolute atomic E-state index is 0.0903. The fourth-order valence-electron chi connectivity index (χ4n) is 3.64. The molecular formula is C16H21FN2O4S. The Balaban J connectivity index is 1.85. The minimum atomic E-state index is -4.03. The van der Waals surface area contributed by atoms with Crippen LogP contribution >= 0.6 is 0 Å². The van der Waals surface area contributed by atoms with E-state index in [0.29, 0.717) is 6.42 Å². The largest absolute Gasteiger partial charge is 0.480 e. The van der Waals surface area contributed by atoms with Gasteiger partial charge in [-0.05, 0) is 57.0 Å². The monoisotopic (exact) mass is 356 g/mol. The summed E-state index contributed by atoms with van der Waals surface area (Å²) >= 11 is 0. The summed E-state index contributed by atoms with van der Waals surface area (Å²) in [5.74, 6) is -1.81. The van der Waals surface area contributed by atoms with Gasteiger partial charge in [0.25, 0.3) is 0 Å². The van der Waals surface area contributed by atoms with Gasteiger partial charge in [0.2, 0.25) is 10.0 Å². The molecule has 132 valence electrons. The van der Waals surface area contributed by atoms with Crippen molar-refractivity contribution in [2.24, 2.45) is 0 Å². The highest BCUT2D eigenvalue weighted by Gasteiger charge is 2.42. The number of aliphatic carboxylic acids is 1. The van der Waals surface area contributed by atoms with E-state index < -0.39 is 27.9 Å². The minimum Gasteiger partial charge on any atom is -0.480 e. The quantitative estimate of drug-likeness (QED) is 0.885. The molecule has 24 heavy (non-hydrogen) atoms. The Morgan fingerprint density at radius 1 is 1.21 bits per heavy atom. The number of carbonyl (C=O) groups is 1. The summed E-state index contributed by atoms with van der Waals surface area (Å²) in [4.78, 5) is 13.7. The van der Waals surface area contributed by atoms with Gasteiger partial charge in [0.15, 0.2) is 0 Å². The summed E-state index contributed by atoms with van der Waals surface area (Å²) in [6, 6.07) is 3.68.